The number of anilines is 2. The van der Waals surface area contributed by atoms with Crippen LogP contribution in [0.5, 0.6) is 0 Å². The van der Waals surface area contributed by atoms with Crippen molar-refractivity contribution in [2.75, 3.05) is 10.7 Å². The Labute approximate surface area is 183 Å². The molecule has 5 nitrogen and oxygen atoms in total. The van der Waals surface area contributed by atoms with Crippen molar-refractivity contribution in [1.82, 2.24) is 4.98 Å². The molecule has 0 atom stereocenters. The van der Waals surface area contributed by atoms with E-state index in [4.69, 9.17) is 11.6 Å². The molecule has 1 heterocycles. The normalized spacial score (nSPS) is 10.8. The van der Waals surface area contributed by atoms with E-state index >= 15 is 0 Å². The molecule has 30 heavy (non-hydrogen) atoms. The minimum absolute atomic E-state index is 0.192. The molecule has 2 N–H and O–H groups in total. The number of nitrogens with one attached hydrogen (secondary N) is 2. The first-order valence-electron chi connectivity index (χ1n) is 9.17. The lowest BCUT2D eigenvalue weighted by Gasteiger charge is -2.05. The topological polar surface area (TPSA) is 66.4 Å². The monoisotopic (exact) mass is 432 g/mol. The van der Waals surface area contributed by atoms with Crippen molar-refractivity contribution < 1.29 is 4.79 Å². The van der Waals surface area contributed by atoms with Crippen molar-refractivity contribution in [2.45, 2.75) is 0 Å². The van der Waals surface area contributed by atoms with Gasteiger partial charge in [-0.05, 0) is 18.2 Å². The van der Waals surface area contributed by atoms with Crippen LogP contribution in [0.4, 0.5) is 10.1 Å². The Morgan fingerprint density at radius 1 is 0.933 bits per heavy atom. The van der Waals surface area contributed by atoms with E-state index in [0.29, 0.717) is 26.4 Å². The van der Waals surface area contributed by atoms with Gasteiger partial charge < -0.3 is 5.32 Å². The van der Waals surface area contributed by atoms with E-state index in [1.54, 1.807) is 24.4 Å². The summed E-state index contributed by atoms with van der Waals surface area (Å²) in [5.41, 5.74) is 5.89. The van der Waals surface area contributed by atoms with Crippen molar-refractivity contribution in [3.63, 3.8) is 0 Å². The summed E-state index contributed by atoms with van der Waals surface area (Å²) in [7, 11) is 0. The molecule has 0 fully saturated rings. The van der Waals surface area contributed by atoms with Crippen molar-refractivity contribution >= 4 is 45.2 Å². The molecule has 0 aliphatic carbocycles. The van der Waals surface area contributed by atoms with E-state index in [1.165, 1.54) is 11.3 Å². The van der Waals surface area contributed by atoms with E-state index in [-0.39, 0.29) is 5.91 Å². The van der Waals surface area contributed by atoms with Crippen LogP contribution in [0.25, 0.3) is 11.3 Å². The second-order valence-corrected chi connectivity index (χ2v) is 7.68. The van der Waals surface area contributed by atoms with Crippen LogP contribution in [0.2, 0.25) is 5.02 Å². The first kappa shape index (κ1) is 19.8. The number of aromatic nitrogens is 1. The van der Waals surface area contributed by atoms with Gasteiger partial charge in [0.2, 0.25) is 5.13 Å². The standard InChI is InChI=1S/C23H17ClN4OS/c24-19-14-8-7-13-18(19)15-25-28-23-26-20(16-9-3-1-4-10-16)22(30-23)27-21(29)17-11-5-2-6-12-17/h1-15H,(H,26,28)(H,27,29). The molecular weight excluding hydrogens is 416 g/mol. The summed E-state index contributed by atoms with van der Waals surface area (Å²) in [6.45, 7) is 0. The summed E-state index contributed by atoms with van der Waals surface area (Å²) >= 11 is 7.47. The minimum atomic E-state index is -0.192. The van der Waals surface area contributed by atoms with E-state index in [1.807, 2.05) is 66.7 Å². The van der Waals surface area contributed by atoms with E-state index < -0.39 is 0 Å². The molecule has 3 aromatic carbocycles. The third-order valence-electron chi connectivity index (χ3n) is 4.21. The van der Waals surface area contributed by atoms with Gasteiger partial charge in [0.25, 0.3) is 5.91 Å². The highest BCUT2D eigenvalue weighted by Crippen LogP contribution is 2.36. The highest BCUT2D eigenvalue weighted by atomic mass is 35.5. The Morgan fingerprint density at radius 2 is 1.60 bits per heavy atom. The van der Waals surface area contributed by atoms with Crippen LogP contribution >= 0.6 is 22.9 Å². The molecule has 0 bridgehead atoms. The molecule has 4 aromatic rings. The molecule has 148 valence electrons. The minimum Gasteiger partial charge on any atom is -0.312 e. The third-order valence-corrected chi connectivity index (χ3v) is 5.43. The second kappa shape index (κ2) is 9.35. The molecule has 7 heteroatoms. The maximum atomic E-state index is 12.6. The van der Waals surface area contributed by atoms with Gasteiger partial charge in [0.05, 0.1) is 6.21 Å². The first-order chi connectivity index (χ1) is 14.7. The first-order valence-corrected chi connectivity index (χ1v) is 10.4. The predicted molar refractivity (Wildman–Crippen MR) is 125 cm³/mol. The van der Waals surface area contributed by atoms with Crippen LogP contribution in [-0.4, -0.2) is 17.1 Å². The largest absolute Gasteiger partial charge is 0.312 e. The zero-order valence-corrected chi connectivity index (χ0v) is 17.3. The lowest BCUT2D eigenvalue weighted by Crippen LogP contribution is -2.11. The van der Waals surface area contributed by atoms with Gasteiger partial charge in [-0.2, -0.15) is 5.10 Å². The molecule has 1 amide bonds. The summed E-state index contributed by atoms with van der Waals surface area (Å²) in [6, 6.07) is 26.2. The number of benzene rings is 3. The van der Waals surface area contributed by atoms with Crippen LogP contribution in [0, 0.1) is 0 Å². The van der Waals surface area contributed by atoms with E-state index in [2.05, 4.69) is 20.8 Å². The Morgan fingerprint density at radius 3 is 2.33 bits per heavy atom. The lowest BCUT2D eigenvalue weighted by atomic mass is 10.1. The zero-order valence-electron chi connectivity index (χ0n) is 15.7. The maximum absolute atomic E-state index is 12.6. The van der Waals surface area contributed by atoms with Crippen molar-refractivity contribution in [1.29, 1.82) is 0 Å². The van der Waals surface area contributed by atoms with Gasteiger partial charge in [-0.25, -0.2) is 4.98 Å². The molecule has 1 aromatic heterocycles. The van der Waals surface area contributed by atoms with E-state index in [9.17, 15) is 4.79 Å². The lowest BCUT2D eigenvalue weighted by molar-refractivity contribution is 0.102. The molecule has 0 saturated carbocycles. The molecule has 0 unspecified atom stereocenters. The predicted octanol–water partition coefficient (Wildman–Crippen LogP) is 6.16. The number of amides is 1. The van der Waals surface area contributed by atoms with Gasteiger partial charge in [-0.1, -0.05) is 89.7 Å². The van der Waals surface area contributed by atoms with Crippen LogP contribution in [0.1, 0.15) is 15.9 Å². The second-order valence-electron chi connectivity index (χ2n) is 6.27. The number of hydrogen-bond acceptors (Lipinski definition) is 5. The number of thiazole rings is 1. The summed E-state index contributed by atoms with van der Waals surface area (Å²) in [5, 5.41) is 9.01. The Balaban J connectivity index is 1.59. The van der Waals surface area contributed by atoms with E-state index in [0.717, 1.165) is 11.1 Å². The number of hydrazone groups is 1. The van der Waals surface area contributed by atoms with Crippen molar-refractivity contribution in [3.05, 3.63) is 101 Å². The fraction of sp³-hybridized carbons (Fsp3) is 0. The number of nitrogens with zero attached hydrogens (tertiary/aromatic N) is 2. The average Bonchev–Trinajstić information content (AvgIpc) is 3.19. The molecule has 0 aliphatic heterocycles. The van der Waals surface area contributed by atoms with Gasteiger partial charge in [-0.3, -0.25) is 10.2 Å². The highest BCUT2D eigenvalue weighted by Gasteiger charge is 2.16. The Hall–Kier alpha value is -3.48. The third kappa shape index (κ3) is 4.74. The van der Waals surface area contributed by atoms with Crippen molar-refractivity contribution in [3.8, 4) is 11.3 Å². The smallest absolute Gasteiger partial charge is 0.256 e. The Kier molecular flexibility index (Phi) is 6.17. The molecule has 4 rings (SSSR count). The highest BCUT2D eigenvalue weighted by molar-refractivity contribution is 7.20. The van der Waals surface area contributed by atoms with Crippen LogP contribution in [-0.2, 0) is 0 Å². The van der Waals surface area contributed by atoms with Gasteiger partial charge in [-0.15, -0.1) is 0 Å². The summed E-state index contributed by atoms with van der Waals surface area (Å²) in [5.74, 6) is -0.192. The zero-order chi connectivity index (χ0) is 20.8. The maximum Gasteiger partial charge on any atom is 0.256 e. The SMILES string of the molecule is O=C(Nc1sc(NN=Cc2ccccc2Cl)nc1-c1ccccc1)c1ccccc1. The van der Waals surface area contributed by atoms with Gasteiger partial charge >= 0.3 is 0 Å². The van der Waals surface area contributed by atoms with Crippen LogP contribution in [0.3, 0.4) is 0 Å². The molecule has 0 radical (unpaired) electrons. The number of hydrogen-bond donors (Lipinski definition) is 2. The number of carbonyl (C=O) groups excluding carboxylic acids is 1. The summed E-state index contributed by atoms with van der Waals surface area (Å²) in [6.07, 6.45) is 1.63. The van der Waals surface area contributed by atoms with Crippen molar-refractivity contribution in [2.24, 2.45) is 5.10 Å². The summed E-state index contributed by atoms with van der Waals surface area (Å²) in [4.78, 5) is 17.3. The molecule has 0 spiro atoms. The fourth-order valence-corrected chi connectivity index (χ4v) is 3.76. The van der Waals surface area contributed by atoms with Crippen LogP contribution in [0.15, 0.2) is 90.0 Å². The molecular formula is C23H17ClN4OS. The molecule has 0 saturated heterocycles. The van der Waals surface area contributed by atoms with Crippen LogP contribution < -0.4 is 10.7 Å². The Bertz CT molecular complexity index is 1180. The molecule has 0 aliphatic rings. The van der Waals surface area contributed by atoms with Gasteiger partial charge in [0.1, 0.15) is 10.7 Å². The summed E-state index contributed by atoms with van der Waals surface area (Å²) < 4.78 is 0. The quantitative estimate of drug-likeness (QED) is 0.283. The average molecular weight is 433 g/mol. The van der Waals surface area contributed by atoms with Gasteiger partial charge in [0.15, 0.2) is 0 Å². The number of rotatable bonds is 6. The number of halogens is 1. The fourth-order valence-electron chi connectivity index (χ4n) is 2.75. The van der Waals surface area contributed by atoms with Gasteiger partial charge in [0, 0.05) is 21.7 Å². The number of carbonyl (C=O) groups is 1.